The Balaban J connectivity index is 1.63. The third-order valence-electron chi connectivity index (χ3n) is 4.69. The van der Waals surface area contributed by atoms with Gasteiger partial charge in [-0.2, -0.15) is 5.10 Å². The van der Waals surface area contributed by atoms with Crippen molar-refractivity contribution in [1.29, 1.82) is 0 Å². The number of fused-ring (bicyclic) bond motifs is 1. The molecular weight excluding hydrogens is 492 g/mol. The molecule has 32 heavy (non-hydrogen) atoms. The molecule has 0 radical (unpaired) electrons. The van der Waals surface area contributed by atoms with Crippen LogP contribution in [0.1, 0.15) is 26.3 Å². The summed E-state index contributed by atoms with van der Waals surface area (Å²) >= 11 is 9.47. The number of ether oxygens (including phenoxy) is 1. The van der Waals surface area contributed by atoms with Crippen molar-refractivity contribution >= 4 is 56.4 Å². The first-order chi connectivity index (χ1) is 15.5. The summed E-state index contributed by atoms with van der Waals surface area (Å²) in [4.78, 5) is 25.0. The largest absolute Gasteiger partial charge is 0.422 e. The molecule has 0 aromatic heterocycles. The Hall–Kier alpha value is -3.48. The fourth-order valence-electron chi connectivity index (χ4n) is 3.10. The molecule has 4 aromatic rings. The van der Waals surface area contributed by atoms with Crippen molar-refractivity contribution in [3.63, 3.8) is 0 Å². The lowest BCUT2D eigenvalue weighted by Crippen LogP contribution is -2.17. The van der Waals surface area contributed by atoms with Crippen molar-refractivity contribution in [2.75, 3.05) is 0 Å². The van der Waals surface area contributed by atoms with Gasteiger partial charge in [-0.15, -0.1) is 0 Å². The Morgan fingerprint density at radius 3 is 2.41 bits per heavy atom. The van der Waals surface area contributed by atoms with E-state index in [0.717, 1.165) is 15.2 Å². The van der Waals surface area contributed by atoms with Gasteiger partial charge in [-0.25, -0.2) is 10.2 Å². The van der Waals surface area contributed by atoms with Crippen LogP contribution in [0.3, 0.4) is 0 Å². The smallest absolute Gasteiger partial charge is 0.345 e. The molecule has 4 aromatic carbocycles. The number of halogens is 2. The van der Waals surface area contributed by atoms with Crippen LogP contribution >= 0.6 is 27.5 Å². The highest BCUT2D eigenvalue weighted by Crippen LogP contribution is 2.28. The molecular formula is C25H16BrClN2O3. The monoisotopic (exact) mass is 506 g/mol. The maximum atomic E-state index is 12.7. The lowest BCUT2D eigenvalue weighted by Gasteiger charge is -2.11. The molecule has 1 N–H and O–H groups in total. The third-order valence-corrected chi connectivity index (χ3v) is 5.55. The Labute approximate surface area is 197 Å². The van der Waals surface area contributed by atoms with Gasteiger partial charge in [-0.1, -0.05) is 70.0 Å². The van der Waals surface area contributed by atoms with E-state index in [2.05, 4.69) is 26.5 Å². The quantitative estimate of drug-likeness (QED) is 0.150. The molecule has 0 bridgehead atoms. The molecule has 0 spiro atoms. The number of carbonyl (C=O) groups excluding carboxylic acids is 2. The molecule has 1 amide bonds. The summed E-state index contributed by atoms with van der Waals surface area (Å²) < 4.78 is 6.52. The van der Waals surface area contributed by atoms with E-state index >= 15 is 0 Å². The summed E-state index contributed by atoms with van der Waals surface area (Å²) in [5.41, 5.74) is 3.79. The molecule has 0 unspecified atom stereocenters. The molecule has 0 saturated heterocycles. The standard InChI is InChI=1S/C25H16BrClN2O3/c26-18-12-9-17(10-13-18)24(30)29-28-15-21-19-6-2-1-5-16(19)11-14-23(21)32-25(31)20-7-3-4-8-22(20)27/h1-15H,(H,29,30). The molecule has 0 aliphatic carbocycles. The van der Waals surface area contributed by atoms with Gasteiger partial charge >= 0.3 is 5.97 Å². The third kappa shape index (κ3) is 4.88. The van der Waals surface area contributed by atoms with Gasteiger partial charge in [0.05, 0.1) is 16.8 Å². The van der Waals surface area contributed by atoms with Gasteiger partial charge in [0, 0.05) is 15.6 Å². The maximum Gasteiger partial charge on any atom is 0.345 e. The lowest BCUT2D eigenvalue weighted by molar-refractivity contribution is 0.0734. The van der Waals surface area contributed by atoms with Crippen LogP contribution < -0.4 is 10.2 Å². The fourth-order valence-corrected chi connectivity index (χ4v) is 3.58. The number of carbonyl (C=O) groups is 2. The minimum Gasteiger partial charge on any atom is -0.422 e. The van der Waals surface area contributed by atoms with Crippen LogP contribution in [0.25, 0.3) is 10.8 Å². The first-order valence-corrected chi connectivity index (χ1v) is 10.8. The Morgan fingerprint density at radius 2 is 1.62 bits per heavy atom. The number of rotatable bonds is 5. The second-order valence-electron chi connectivity index (χ2n) is 6.77. The van der Waals surface area contributed by atoms with Gasteiger partial charge in [-0.3, -0.25) is 4.79 Å². The zero-order valence-electron chi connectivity index (χ0n) is 16.6. The Bertz CT molecular complexity index is 1340. The molecule has 0 aliphatic rings. The summed E-state index contributed by atoms with van der Waals surface area (Å²) in [7, 11) is 0. The second kappa shape index (κ2) is 9.77. The van der Waals surface area contributed by atoms with Crippen LogP contribution in [0, 0.1) is 0 Å². The van der Waals surface area contributed by atoms with Crippen molar-refractivity contribution in [2.45, 2.75) is 0 Å². The van der Waals surface area contributed by atoms with E-state index in [4.69, 9.17) is 16.3 Å². The normalized spacial score (nSPS) is 10.9. The average Bonchev–Trinajstić information content (AvgIpc) is 2.80. The van der Waals surface area contributed by atoms with E-state index in [1.54, 1.807) is 54.6 Å². The minimum absolute atomic E-state index is 0.258. The predicted molar refractivity (Wildman–Crippen MR) is 130 cm³/mol. The maximum absolute atomic E-state index is 12.7. The van der Waals surface area contributed by atoms with Gasteiger partial charge in [0.15, 0.2) is 0 Å². The molecule has 0 aliphatic heterocycles. The van der Waals surface area contributed by atoms with Crippen LogP contribution in [0.15, 0.2) is 94.5 Å². The number of benzene rings is 4. The van der Waals surface area contributed by atoms with Gasteiger partial charge in [-0.05, 0) is 53.2 Å². The number of hydrogen-bond donors (Lipinski definition) is 1. The van der Waals surface area contributed by atoms with E-state index in [1.165, 1.54) is 6.21 Å². The van der Waals surface area contributed by atoms with Crippen molar-refractivity contribution in [2.24, 2.45) is 5.10 Å². The molecule has 158 valence electrons. The molecule has 0 atom stereocenters. The lowest BCUT2D eigenvalue weighted by atomic mass is 10.0. The van der Waals surface area contributed by atoms with Gasteiger partial charge in [0.2, 0.25) is 0 Å². The molecule has 0 fully saturated rings. The van der Waals surface area contributed by atoms with Crippen molar-refractivity contribution in [3.05, 3.63) is 111 Å². The number of amides is 1. The Kier molecular flexibility index (Phi) is 6.63. The highest BCUT2D eigenvalue weighted by Gasteiger charge is 2.16. The number of esters is 1. The predicted octanol–water partition coefficient (Wildman–Crippen LogP) is 6.24. The highest BCUT2D eigenvalue weighted by atomic mass is 79.9. The van der Waals surface area contributed by atoms with E-state index in [9.17, 15) is 9.59 Å². The molecule has 7 heteroatoms. The summed E-state index contributed by atoms with van der Waals surface area (Å²) in [6, 6.07) is 24.7. The summed E-state index contributed by atoms with van der Waals surface area (Å²) in [6.45, 7) is 0. The van der Waals surface area contributed by atoms with Crippen LogP contribution in [-0.4, -0.2) is 18.1 Å². The number of nitrogens with zero attached hydrogens (tertiary/aromatic N) is 1. The SMILES string of the molecule is O=C(NN=Cc1c(OC(=O)c2ccccc2Cl)ccc2ccccc12)c1ccc(Br)cc1. The highest BCUT2D eigenvalue weighted by molar-refractivity contribution is 9.10. The van der Waals surface area contributed by atoms with Crippen molar-refractivity contribution in [1.82, 2.24) is 5.43 Å². The Morgan fingerprint density at radius 1 is 0.906 bits per heavy atom. The summed E-state index contributed by atoms with van der Waals surface area (Å²) in [5.74, 6) is -0.640. The molecule has 0 saturated carbocycles. The van der Waals surface area contributed by atoms with Gasteiger partial charge in [0.25, 0.3) is 5.91 Å². The molecule has 4 rings (SSSR count). The van der Waals surface area contributed by atoms with Crippen LogP contribution in [-0.2, 0) is 0 Å². The number of hydrogen-bond acceptors (Lipinski definition) is 4. The minimum atomic E-state index is -0.584. The fraction of sp³-hybridized carbons (Fsp3) is 0. The second-order valence-corrected chi connectivity index (χ2v) is 8.10. The van der Waals surface area contributed by atoms with E-state index < -0.39 is 5.97 Å². The summed E-state index contributed by atoms with van der Waals surface area (Å²) in [6.07, 6.45) is 1.47. The zero-order chi connectivity index (χ0) is 22.5. The van der Waals surface area contributed by atoms with Crippen molar-refractivity contribution < 1.29 is 14.3 Å². The number of nitrogens with one attached hydrogen (secondary N) is 1. The molecule has 0 heterocycles. The first kappa shape index (κ1) is 21.7. The number of hydrazone groups is 1. The van der Waals surface area contributed by atoms with E-state index in [0.29, 0.717) is 21.9 Å². The average molecular weight is 508 g/mol. The van der Waals surface area contributed by atoms with Gasteiger partial charge in [0.1, 0.15) is 5.75 Å². The van der Waals surface area contributed by atoms with Gasteiger partial charge < -0.3 is 4.74 Å². The van der Waals surface area contributed by atoms with Crippen molar-refractivity contribution in [3.8, 4) is 5.75 Å². The van der Waals surface area contributed by atoms with Crippen LogP contribution in [0.5, 0.6) is 5.75 Å². The topological polar surface area (TPSA) is 67.8 Å². The van der Waals surface area contributed by atoms with Crippen LogP contribution in [0.4, 0.5) is 0 Å². The first-order valence-electron chi connectivity index (χ1n) is 9.60. The van der Waals surface area contributed by atoms with Crippen LogP contribution in [0.2, 0.25) is 5.02 Å². The molecule has 5 nitrogen and oxygen atoms in total. The van der Waals surface area contributed by atoms with E-state index in [1.807, 2.05) is 30.3 Å². The van der Waals surface area contributed by atoms with E-state index in [-0.39, 0.29) is 11.5 Å². The zero-order valence-corrected chi connectivity index (χ0v) is 18.9. The summed E-state index contributed by atoms with van der Waals surface area (Å²) in [5, 5.41) is 6.15.